The number of phenolic OH excluding ortho intramolecular Hbond substituents is 1. The molecule has 0 saturated heterocycles. The minimum Gasteiger partial charge on any atom is -0.506 e. The molecular formula is C23H28N2O3. The number of hydrogen-bond acceptors (Lipinski definition) is 4. The van der Waals surface area contributed by atoms with Gasteiger partial charge in [0.15, 0.2) is 0 Å². The van der Waals surface area contributed by atoms with E-state index in [1.807, 2.05) is 0 Å². The third-order valence-electron chi connectivity index (χ3n) is 5.20. The summed E-state index contributed by atoms with van der Waals surface area (Å²) in [6, 6.07) is 14.8. The van der Waals surface area contributed by atoms with Crippen molar-refractivity contribution >= 4 is 10.9 Å². The summed E-state index contributed by atoms with van der Waals surface area (Å²) in [7, 11) is 0. The fourth-order valence-corrected chi connectivity index (χ4v) is 3.33. The Kier molecular flexibility index (Phi) is 5.87. The highest BCUT2D eigenvalue weighted by Crippen LogP contribution is 2.29. The first-order valence-corrected chi connectivity index (χ1v) is 9.59. The normalized spacial score (nSPS) is 13.0. The van der Waals surface area contributed by atoms with Gasteiger partial charge in [-0.05, 0) is 56.9 Å². The van der Waals surface area contributed by atoms with Gasteiger partial charge in [-0.1, -0.05) is 35.9 Å². The van der Waals surface area contributed by atoms with Crippen LogP contribution in [0.1, 0.15) is 43.1 Å². The Bertz CT molecular complexity index is 1010. The average molecular weight is 380 g/mol. The van der Waals surface area contributed by atoms with Gasteiger partial charge < -0.3 is 20.5 Å². The van der Waals surface area contributed by atoms with Crippen LogP contribution in [0.2, 0.25) is 0 Å². The van der Waals surface area contributed by atoms with E-state index in [0.29, 0.717) is 23.0 Å². The zero-order chi connectivity index (χ0) is 20.3. The predicted octanol–water partition coefficient (Wildman–Crippen LogP) is 3.58. The van der Waals surface area contributed by atoms with E-state index in [1.165, 1.54) is 23.3 Å². The summed E-state index contributed by atoms with van der Waals surface area (Å²) in [4.78, 5) is 14.2. The van der Waals surface area contributed by atoms with Crippen molar-refractivity contribution in [1.82, 2.24) is 10.3 Å². The molecule has 0 fully saturated rings. The molecular weight excluding hydrogens is 352 g/mol. The smallest absolute Gasteiger partial charge is 0.248 e. The first-order chi connectivity index (χ1) is 13.2. The van der Waals surface area contributed by atoms with Crippen molar-refractivity contribution in [2.24, 2.45) is 0 Å². The van der Waals surface area contributed by atoms with E-state index in [1.54, 1.807) is 12.1 Å². The maximum Gasteiger partial charge on any atom is 0.248 e. The summed E-state index contributed by atoms with van der Waals surface area (Å²) in [5.74, 6) is -0.00460. The Balaban J connectivity index is 1.66. The number of fused-ring (bicyclic) bond motifs is 1. The highest BCUT2D eigenvalue weighted by Gasteiger charge is 2.20. The van der Waals surface area contributed by atoms with E-state index in [-0.39, 0.29) is 16.8 Å². The number of benzene rings is 2. The van der Waals surface area contributed by atoms with Crippen molar-refractivity contribution in [3.8, 4) is 5.75 Å². The van der Waals surface area contributed by atoms with Gasteiger partial charge in [0, 0.05) is 23.5 Å². The van der Waals surface area contributed by atoms with Gasteiger partial charge in [0.05, 0.1) is 11.6 Å². The van der Waals surface area contributed by atoms with E-state index in [4.69, 9.17) is 0 Å². The minimum absolute atomic E-state index is 0.00460. The molecule has 3 aromatic rings. The SMILES string of the molecule is Cc1ccc(CCC(C)(C)NCC(O)c2ccc(O)c3[nH]c(=O)ccc23)cc1. The molecule has 0 aliphatic heterocycles. The summed E-state index contributed by atoms with van der Waals surface area (Å²) < 4.78 is 0. The molecule has 1 heterocycles. The van der Waals surface area contributed by atoms with Gasteiger partial charge in [0.25, 0.3) is 0 Å². The van der Waals surface area contributed by atoms with Crippen molar-refractivity contribution < 1.29 is 10.2 Å². The summed E-state index contributed by atoms with van der Waals surface area (Å²) in [5.41, 5.74) is 3.15. The molecule has 1 unspecified atom stereocenters. The number of pyridine rings is 1. The molecule has 0 bridgehead atoms. The zero-order valence-electron chi connectivity index (χ0n) is 16.6. The molecule has 2 aromatic carbocycles. The maximum atomic E-state index is 11.5. The van der Waals surface area contributed by atoms with E-state index >= 15 is 0 Å². The molecule has 0 radical (unpaired) electrons. The van der Waals surface area contributed by atoms with Crippen molar-refractivity contribution in [3.63, 3.8) is 0 Å². The Hall–Kier alpha value is -2.63. The number of nitrogens with one attached hydrogen (secondary N) is 2. The highest BCUT2D eigenvalue weighted by atomic mass is 16.3. The van der Waals surface area contributed by atoms with Crippen LogP contribution in [0.15, 0.2) is 53.3 Å². The number of β-amino-alcohol motifs (C(OH)–C–C–N with tert-alkyl or cyclic N) is 1. The third-order valence-corrected chi connectivity index (χ3v) is 5.20. The highest BCUT2D eigenvalue weighted by molar-refractivity contribution is 5.87. The number of phenols is 1. The first kappa shape index (κ1) is 20.1. The van der Waals surface area contributed by atoms with Crippen LogP contribution < -0.4 is 10.9 Å². The van der Waals surface area contributed by atoms with Gasteiger partial charge in [0.2, 0.25) is 5.56 Å². The lowest BCUT2D eigenvalue weighted by Crippen LogP contribution is -2.42. The summed E-state index contributed by atoms with van der Waals surface area (Å²) in [6.07, 6.45) is 1.14. The number of aryl methyl sites for hydroxylation is 2. The molecule has 0 amide bonds. The molecule has 0 aliphatic carbocycles. The van der Waals surface area contributed by atoms with Crippen LogP contribution >= 0.6 is 0 Å². The second-order valence-corrected chi connectivity index (χ2v) is 8.05. The molecule has 0 spiro atoms. The third kappa shape index (κ3) is 4.80. The van der Waals surface area contributed by atoms with Gasteiger partial charge in [-0.25, -0.2) is 0 Å². The van der Waals surface area contributed by atoms with E-state index in [2.05, 4.69) is 55.3 Å². The Morgan fingerprint density at radius 3 is 2.50 bits per heavy atom. The fraction of sp³-hybridized carbons (Fsp3) is 0.348. The molecule has 1 aromatic heterocycles. The largest absolute Gasteiger partial charge is 0.506 e. The Morgan fingerprint density at radius 2 is 1.79 bits per heavy atom. The topological polar surface area (TPSA) is 85.3 Å². The minimum atomic E-state index is -0.757. The van der Waals surface area contributed by atoms with Crippen molar-refractivity contribution in [3.05, 3.63) is 75.6 Å². The molecule has 4 N–H and O–H groups in total. The molecule has 3 rings (SSSR count). The van der Waals surface area contributed by atoms with Crippen molar-refractivity contribution in [2.75, 3.05) is 6.54 Å². The van der Waals surface area contributed by atoms with Crippen LogP contribution in [0.25, 0.3) is 10.9 Å². The number of aromatic amines is 1. The molecule has 0 saturated carbocycles. The number of hydrogen-bond donors (Lipinski definition) is 4. The zero-order valence-corrected chi connectivity index (χ0v) is 16.6. The maximum absolute atomic E-state index is 11.5. The number of rotatable bonds is 7. The van der Waals surface area contributed by atoms with Gasteiger partial charge >= 0.3 is 0 Å². The second kappa shape index (κ2) is 8.17. The second-order valence-electron chi connectivity index (χ2n) is 8.05. The van der Waals surface area contributed by atoms with Gasteiger partial charge in [-0.3, -0.25) is 4.79 Å². The van der Waals surface area contributed by atoms with Gasteiger partial charge in [0.1, 0.15) is 5.75 Å². The Morgan fingerprint density at radius 1 is 1.07 bits per heavy atom. The standard InChI is InChI=1S/C23H28N2O3/c1-15-4-6-16(7-5-15)12-13-23(2,3)24-14-20(27)17-8-10-19(26)22-18(17)9-11-21(28)25-22/h4-11,20,24,26-27H,12-14H2,1-3H3,(H,25,28). The lowest BCUT2D eigenvalue weighted by molar-refractivity contribution is 0.160. The van der Waals surface area contributed by atoms with Crippen molar-refractivity contribution in [2.45, 2.75) is 45.3 Å². The summed E-state index contributed by atoms with van der Waals surface area (Å²) in [6.45, 7) is 6.71. The lowest BCUT2D eigenvalue weighted by Gasteiger charge is -2.28. The van der Waals surface area contributed by atoms with Crippen LogP contribution in [0.4, 0.5) is 0 Å². The molecule has 5 nitrogen and oxygen atoms in total. The quantitative estimate of drug-likeness (QED) is 0.505. The summed E-state index contributed by atoms with van der Waals surface area (Å²) >= 11 is 0. The molecule has 28 heavy (non-hydrogen) atoms. The average Bonchev–Trinajstić information content (AvgIpc) is 2.66. The Labute approximate surface area is 165 Å². The lowest BCUT2D eigenvalue weighted by atomic mass is 9.94. The molecule has 148 valence electrons. The van der Waals surface area contributed by atoms with Crippen LogP contribution in [-0.4, -0.2) is 27.3 Å². The van der Waals surface area contributed by atoms with Gasteiger partial charge in [-0.2, -0.15) is 0 Å². The van der Waals surface area contributed by atoms with Gasteiger partial charge in [-0.15, -0.1) is 0 Å². The molecule has 1 atom stereocenters. The fourth-order valence-electron chi connectivity index (χ4n) is 3.33. The number of aliphatic hydroxyl groups excluding tert-OH is 1. The van der Waals surface area contributed by atoms with E-state index in [0.717, 1.165) is 12.8 Å². The van der Waals surface area contributed by atoms with E-state index < -0.39 is 6.10 Å². The van der Waals surface area contributed by atoms with E-state index in [9.17, 15) is 15.0 Å². The van der Waals surface area contributed by atoms with Crippen LogP contribution in [0.3, 0.4) is 0 Å². The number of H-pyrrole nitrogens is 1. The number of aromatic hydroxyl groups is 1. The predicted molar refractivity (Wildman–Crippen MR) is 113 cm³/mol. The van der Waals surface area contributed by atoms with Crippen LogP contribution in [0, 0.1) is 6.92 Å². The summed E-state index contributed by atoms with van der Waals surface area (Å²) in [5, 5.41) is 24.8. The first-order valence-electron chi connectivity index (χ1n) is 9.59. The van der Waals surface area contributed by atoms with Crippen LogP contribution in [-0.2, 0) is 6.42 Å². The van der Waals surface area contributed by atoms with Crippen molar-refractivity contribution in [1.29, 1.82) is 0 Å². The molecule has 0 aliphatic rings. The number of aromatic nitrogens is 1. The van der Waals surface area contributed by atoms with Crippen LogP contribution in [0.5, 0.6) is 5.75 Å². The monoisotopic (exact) mass is 380 g/mol. The molecule has 5 heteroatoms. The number of aliphatic hydroxyl groups is 1.